The highest BCUT2D eigenvalue weighted by atomic mass is 32.1. The lowest BCUT2D eigenvalue weighted by atomic mass is 10.3. The van der Waals surface area contributed by atoms with Crippen molar-refractivity contribution >= 4 is 17.2 Å². The molecule has 0 radical (unpaired) electrons. The van der Waals surface area contributed by atoms with Gasteiger partial charge in [0.05, 0.1) is 5.51 Å². The molecule has 0 bridgehead atoms. The third-order valence-electron chi connectivity index (χ3n) is 2.77. The van der Waals surface area contributed by atoms with Gasteiger partial charge in [0.2, 0.25) is 0 Å². The van der Waals surface area contributed by atoms with Gasteiger partial charge in [-0.2, -0.15) is 0 Å². The number of nitrogens with zero attached hydrogens (tertiary/aromatic N) is 2. The zero-order valence-electron chi connectivity index (χ0n) is 9.48. The Morgan fingerprint density at radius 2 is 2.38 bits per heavy atom. The first-order valence-corrected chi connectivity index (χ1v) is 6.61. The molecule has 1 aromatic rings. The number of thiazole rings is 1. The fourth-order valence-electron chi connectivity index (χ4n) is 2.02. The van der Waals surface area contributed by atoms with Crippen LogP contribution in [0.1, 0.15) is 30.3 Å². The van der Waals surface area contributed by atoms with Crippen LogP contribution in [0.3, 0.4) is 0 Å². The lowest BCUT2D eigenvalue weighted by Gasteiger charge is -2.20. The summed E-state index contributed by atoms with van der Waals surface area (Å²) in [6, 6.07) is 0.187. The smallest absolute Gasteiger partial charge is 0.270 e. The van der Waals surface area contributed by atoms with Gasteiger partial charge in [-0.1, -0.05) is 0 Å². The van der Waals surface area contributed by atoms with E-state index in [0.717, 1.165) is 19.6 Å². The van der Waals surface area contributed by atoms with E-state index in [0.29, 0.717) is 5.69 Å². The zero-order chi connectivity index (χ0) is 11.4. The molecule has 1 amide bonds. The van der Waals surface area contributed by atoms with E-state index >= 15 is 0 Å². The Balaban J connectivity index is 1.78. The van der Waals surface area contributed by atoms with Crippen molar-refractivity contribution in [2.45, 2.75) is 25.8 Å². The van der Waals surface area contributed by atoms with E-state index < -0.39 is 0 Å². The summed E-state index contributed by atoms with van der Waals surface area (Å²) in [6.07, 6.45) is 2.57. The van der Waals surface area contributed by atoms with Gasteiger partial charge < -0.3 is 10.2 Å². The normalized spacial score (nSPS) is 18.6. The Morgan fingerprint density at radius 1 is 1.62 bits per heavy atom. The first kappa shape index (κ1) is 11.5. The molecule has 4 nitrogen and oxygen atoms in total. The summed E-state index contributed by atoms with van der Waals surface area (Å²) in [5.41, 5.74) is 2.21. The van der Waals surface area contributed by atoms with Crippen molar-refractivity contribution in [2.75, 3.05) is 19.6 Å². The number of aromatic nitrogens is 1. The van der Waals surface area contributed by atoms with E-state index in [1.807, 2.05) is 6.92 Å². The number of nitrogens with one attached hydrogen (secondary N) is 1. The SMILES string of the molecule is CC(CN1CCCC1)NC(=O)c1cscn1. The summed E-state index contributed by atoms with van der Waals surface area (Å²) >= 11 is 1.45. The molecule has 88 valence electrons. The van der Waals surface area contributed by atoms with E-state index in [9.17, 15) is 4.79 Å². The Morgan fingerprint density at radius 3 is 3.00 bits per heavy atom. The Hall–Kier alpha value is -0.940. The molecule has 1 aliphatic heterocycles. The first-order chi connectivity index (χ1) is 7.75. The van der Waals surface area contributed by atoms with Gasteiger partial charge in [-0.25, -0.2) is 4.98 Å². The van der Waals surface area contributed by atoms with Gasteiger partial charge in [0.15, 0.2) is 0 Å². The molecule has 5 heteroatoms. The average Bonchev–Trinajstić information content (AvgIpc) is 2.88. The van der Waals surface area contributed by atoms with Crippen molar-refractivity contribution in [3.63, 3.8) is 0 Å². The number of amides is 1. The largest absolute Gasteiger partial charge is 0.347 e. The van der Waals surface area contributed by atoms with Gasteiger partial charge in [-0.05, 0) is 32.9 Å². The molecule has 0 saturated carbocycles. The molecule has 1 atom stereocenters. The van der Waals surface area contributed by atoms with Crippen LogP contribution in [-0.4, -0.2) is 41.5 Å². The van der Waals surface area contributed by atoms with Crippen molar-refractivity contribution in [3.05, 3.63) is 16.6 Å². The highest BCUT2D eigenvalue weighted by molar-refractivity contribution is 7.07. The van der Waals surface area contributed by atoms with E-state index in [4.69, 9.17) is 0 Å². The zero-order valence-corrected chi connectivity index (χ0v) is 10.3. The molecule has 1 N–H and O–H groups in total. The lowest BCUT2D eigenvalue weighted by molar-refractivity contribution is 0.0927. The third kappa shape index (κ3) is 3.02. The van der Waals surface area contributed by atoms with Gasteiger partial charge in [0, 0.05) is 18.0 Å². The second-order valence-corrected chi connectivity index (χ2v) is 4.97. The Kier molecular flexibility index (Phi) is 3.90. The summed E-state index contributed by atoms with van der Waals surface area (Å²) in [7, 11) is 0. The maximum absolute atomic E-state index is 11.7. The topological polar surface area (TPSA) is 45.2 Å². The summed E-state index contributed by atoms with van der Waals surface area (Å²) in [5, 5.41) is 4.75. The van der Waals surface area contributed by atoms with Crippen LogP contribution < -0.4 is 5.32 Å². The highest BCUT2D eigenvalue weighted by Crippen LogP contribution is 2.08. The molecule has 2 rings (SSSR count). The monoisotopic (exact) mass is 239 g/mol. The second kappa shape index (κ2) is 5.41. The molecular weight excluding hydrogens is 222 g/mol. The van der Waals surface area contributed by atoms with Crippen LogP contribution in [0.25, 0.3) is 0 Å². The van der Waals surface area contributed by atoms with E-state index in [-0.39, 0.29) is 11.9 Å². The van der Waals surface area contributed by atoms with Crippen LogP contribution in [-0.2, 0) is 0 Å². The molecule has 1 aromatic heterocycles. The van der Waals surface area contributed by atoms with Crippen LogP contribution in [0.2, 0.25) is 0 Å². The lowest BCUT2D eigenvalue weighted by Crippen LogP contribution is -2.41. The summed E-state index contributed by atoms with van der Waals surface area (Å²) in [4.78, 5) is 18.1. The quantitative estimate of drug-likeness (QED) is 0.863. The molecule has 1 saturated heterocycles. The van der Waals surface area contributed by atoms with Gasteiger partial charge in [-0.3, -0.25) is 4.79 Å². The summed E-state index contributed by atoms with van der Waals surface area (Å²) in [5.74, 6) is -0.0621. The molecule has 1 fully saturated rings. The van der Waals surface area contributed by atoms with Crippen molar-refractivity contribution < 1.29 is 4.79 Å². The standard InChI is InChI=1S/C11H17N3OS/c1-9(6-14-4-2-3-5-14)13-11(15)10-7-16-8-12-10/h7-9H,2-6H2,1H3,(H,13,15). The number of hydrogen-bond acceptors (Lipinski definition) is 4. The van der Waals surface area contributed by atoms with Crippen LogP contribution in [0.15, 0.2) is 10.9 Å². The van der Waals surface area contributed by atoms with Crippen LogP contribution >= 0.6 is 11.3 Å². The minimum Gasteiger partial charge on any atom is -0.347 e. The Labute approximate surface area is 99.7 Å². The Bertz CT molecular complexity index is 333. The first-order valence-electron chi connectivity index (χ1n) is 5.67. The van der Waals surface area contributed by atoms with E-state index in [2.05, 4.69) is 15.2 Å². The molecule has 0 spiro atoms. The van der Waals surface area contributed by atoms with Crippen LogP contribution in [0.5, 0.6) is 0 Å². The molecule has 0 aliphatic carbocycles. The fraction of sp³-hybridized carbons (Fsp3) is 0.636. The minimum atomic E-state index is -0.0621. The van der Waals surface area contributed by atoms with Gasteiger partial charge in [0.25, 0.3) is 5.91 Å². The molecule has 1 aliphatic rings. The van der Waals surface area contributed by atoms with Gasteiger partial charge in [0.1, 0.15) is 5.69 Å². The number of carbonyl (C=O) groups is 1. The highest BCUT2D eigenvalue weighted by Gasteiger charge is 2.16. The number of carbonyl (C=O) groups excluding carboxylic acids is 1. The van der Waals surface area contributed by atoms with Crippen molar-refractivity contribution in [2.24, 2.45) is 0 Å². The maximum Gasteiger partial charge on any atom is 0.270 e. The molecular formula is C11H17N3OS. The molecule has 2 heterocycles. The third-order valence-corrected chi connectivity index (χ3v) is 3.36. The fourth-order valence-corrected chi connectivity index (χ4v) is 2.55. The second-order valence-electron chi connectivity index (χ2n) is 4.26. The number of likely N-dealkylation sites (tertiary alicyclic amines) is 1. The number of hydrogen-bond donors (Lipinski definition) is 1. The summed E-state index contributed by atoms with van der Waals surface area (Å²) < 4.78 is 0. The molecule has 1 unspecified atom stereocenters. The summed E-state index contributed by atoms with van der Waals surface area (Å²) in [6.45, 7) is 5.31. The van der Waals surface area contributed by atoms with E-state index in [1.165, 1.54) is 24.2 Å². The average molecular weight is 239 g/mol. The molecule has 16 heavy (non-hydrogen) atoms. The van der Waals surface area contributed by atoms with Gasteiger partial charge in [-0.15, -0.1) is 11.3 Å². The van der Waals surface area contributed by atoms with Crippen molar-refractivity contribution in [3.8, 4) is 0 Å². The number of rotatable bonds is 4. The van der Waals surface area contributed by atoms with Crippen LogP contribution in [0, 0.1) is 0 Å². The van der Waals surface area contributed by atoms with Crippen LogP contribution in [0.4, 0.5) is 0 Å². The van der Waals surface area contributed by atoms with Crippen molar-refractivity contribution in [1.29, 1.82) is 0 Å². The van der Waals surface area contributed by atoms with Crippen molar-refractivity contribution in [1.82, 2.24) is 15.2 Å². The maximum atomic E-state index is 11.7. The van der Waals surface area contributed by atoms with Gasteiger partial charge >= 0.3 is 0 Å². The predicted octanol–water partition coefficient (Wildman–Crippen LogP) is 1.36. The minimum absolute atomic E-state index is 0.0621. The predicted molar refractivity (Wildman–Crippen MR) is 64.7 cm³/mol. The van der Waals surface area contributed by atoms with E-state index in [1.54, 1.807) is 10.9 Å². The molecule has 0 aromatic carbocycles.